The lowest BCUT2D eigenvalue weighted by Crippen LogP contribution is -2.49. The molecule has 0 aromatic rings. The minimum Gasteiger partial charge on any atom is -0.351 e. The van der Waals surface area contributed by atoms with Crippen molar-refractivity contribution >= 4 is 5.91 Å². The first-order chi connectivity index (χ1) is 8.28. The second kappa shape index (κ2) is 5.99. The Hall–Kier alpha value is -1.37. The highest BCUT2D eigenvalue weighted by molar-refractivity contribution is 5.77. The molecule has 0 aromatic carbocycles. The molecule has 1 aliphatic carbocycles. The predicted molar refractivity (Wildman–Crippen MR) is 65.1 cm³/mol. The number of nitrogens with zero attached hydrogens (tertiary/aromatic N) is 1. The van der Waals surface area contributed by atoms with Gasteiger partial charge in [-0.3, -0.25) is 4.79 Å². The number of carbonyl (C=O) groups excluding carboxylic acids is 1. The van der Waals surface area contributed by atoms with E-state index in [0.29, 0.717) is 12.8 Å². The van der Waals surface area contributed by atoms with Gasteiger partial charge in [-0.05, 0) is 26.7 Å². The second-order valence-electron chi connectivity index (χ2n) is 5.49. The summed E-state index contributed by atoms with van der Waals surface area (Å²) in [5, 5.41) is 12.4. The number of hydrogen-bond donors (Lipinski definition) is 2. The Labute approximate surface area is 106 Å². The van der Waals surface area contributed by atoms with Crippen molar-refractivity contribution in [1.82, 2.24) is 5.32 Å². The molecular formula is C11H21N3O4. The van der Waals surface area contributed by atoms with Crippen LogP contribution in [0.2, 0.25) is 0 Å². The summed E-state index contributed by atoms with van der Waals surface area (Å²) in [5.41, 5.74) is 5.17. The van der Waals surface area contributed by atoms with Crippen molar-refractivity contribution in [1.29, 1.82) is 0 Å². The number of hydrogen-bond acceptors (Lipinski definition) is 5. The molecule has 1 amide bonds. The topological polar surface area (TPSA) is 107 Å². The number of amides is 1. The van der Waals surface area contributed by atoms with Crippen LogP contribution in [0.3, 0.4) is 0 Å². The maximum atomic E-state index is 11.7. The molecule has 2 unspecified atom stereocenters. The van der Waals surface area contributed by atoms with Gasteiger partial charge in [0.2, 0.25) is 5.91 Å². The molecule has 1 rings (SSSR count). The minimum atomic E-state index is -0.790. The van der Waals surface area contributed by atoms with Crippen LogP contribution in [0.5, 0.6) is 0 Å². The lowest BCUT2D eigenvalue weighted by atomic mass is 9.92. The number of nitrogens with two attached hydrogens (primary N) is 1. The van der Waals surface area contributed by atoms with Gasteiger partial charge in [-0.1, -0.05) is 12.8 Å². The van der Waals surface area contributed by atoms with Gasteiger partial charge in [0.15, 0.2) is 0 Å². The van der Waals surface area contributed by atoms with Crippen LogP contribution < -0.4 is 11.1 Å². The van der Waals surface area contributed by atoms with E-state index in [1.807, 2.05) is 0 Å². The monoisotopic (exact) mass is 259 g/mol. The van der Waals surface area contributed by atoms with Crippen LogP contribution in [0.25, 0.3) is 0 Å². The molecule has 0 aromatic heterocycles. The highest BCUT2D eigenvalue weighted by atomic mass is 17.0. The minimum absolute atomic E-state index is 0.189. The maximum Gasteiger partial charge on any atom is 0.294 e. The standard InChI is InChI=1S/C11H21N3O4/c1-11(2,12)7-10(15)13-8-5-3-4-6-9(8)18-14(16)17/h8-9H,3-7,12H2,1-2H3,(H,13,15). The van der Waals surface area contributed by atoms with Crippen molar-refractivity contribution in [2.45, 2.75) is 63.6 Å². The third-order valence-electron chi connectivity index (χ3n) is 2.89. The average Bonchev–Trinajstić information content (AvgIpc) is 2.17. The summed E-state index contributed by atoms with van der Waals surface area (Å²) in [5.74, 6) is -0.189. The molecule has 3 N–H and O–H groups in total. The van der Waals surface area contributed by atoms with E-state index in [-0.39, 0.29) is 18.4 Å². The molecule has 0 aliphatic heterocycles. The number of carbonyl (C=O) groups is 1. The van der Waals surface area contributed by atoms with Crippen molar-refractivity contribution in [3.63, 3.8) is 0 Å². The SMILES string of the molecule is CC(C)(N)CC(=O)NC1CCCCC1O[N+](=O)[O-]. The van der Waals surface area contributed by atoms with Crippen molar-refractivity contribution in [2.24, 2.45) is 5.73 Å². The highest BCUT2D eigenvalue weighted by Gasteiger charge is 2.30. The number of nitrogens with one attached hydrogen (secondary N) is 1. The summed E-state index contributed by atoms with van der Waals surface area (Å²) in [7, 11) is 0. The fraction of sp³-hybridized carbons (Fsp3) is 0.909. The summed E-state index contributed by atoms with van der Waals surface area (Å²) in [6.07, 6.45) is 2.77. The van der Waals surface area contributed by atoms with Gasteiger partial charge in [-0.2, -0.15) is 0 Å². The molecule has 1 saturated carbocycles. The van der Waals surface area contributed by atoms with E-state index in [9.17, 15) is 14.9 Å². The second-order valence-corrected chi connectivity index (χ2v) is 5.49. The quantitative estimate of drug-likeness (QED) is 0.559. The third kappa shape index (κ3) is 5.31. The zero-order valence-electron chi connectivity index (χ0n) is 10.8. The molecule has 0 radical (unpaired) electrons. The summed E-state index contributed by atoms with van der Waals surface area (Å²) in [6.45, 7) is 3.52. The van der Waals surface area contributed by atoms with E-state index >= 15 is 0 Å². The van der Waals surface area contributed by atoms with Crippen molar-refractivity contribution in [3.05, 3.63) is 10.1 Å². The molecule has 0 bridgehead atoms. The maximum absolute atomic E-state index is 11.7. The van der Waals surface area contributed by atoms with Crippen LogP contribution in [0.1, 0.15) is 46.0 Å². The molecular weight excluding hydrogens is 238 g/mol. The zero-order valence-corrected chi connectivity index (χ0v) is 10.8. The first-order valence-corrected chi connectivity index (χ1v) is 6.17. The molecule has 18 heavy (non-hydrogen) atoms. The lowest BCUT2D eigenvalue weighted by Gasteiger charge is -2.31. The molecule has 0 spiro atoms. The Bertz CT molecular complexity index is 314. The van der Waals surface area contributed by atoms with Gasteiger partial charge in [0.05, 0.1) is 6.04 Å². The Morgan fingerprint density at radius 3 is 2.67 bits per heavy atom. The van der Waals surface area contributed by atoms with Crippen molar-refractivity contribution in [3.8, 4) is 0 Å². The molecule has 7 heteroatoms. The Morgan fingerprint density at radius 1 is 1.50 bits per heavy atom. The van der Waals surface area contributed by atoms with Crippen molar-refractivity contribution < 1.29 is 14.7 Å². The smallest absolute Gasteiger partial charge is 0.294 e. The zero-order chi connectivity index (χ0) is 13.8. The largest absolute Gasteiger partial charge is 0.351 e. The van der Waals surface area contributed by atoms with E-state index in [0.717, 1.165) is 12.8 Å². The average molecular weight is 259 g/mol. The molecule has 1 fully saturated rings. The number of rotatable bonds is 5. The van der Waals surface area contributed by atoms with Crippen LogP contribution in [0.15, 0.2) is 0 Å². The van der Waals surface area contributed by atoms with E-state index in [2.05, 4.69) is 10.2 Å². The van der Waals surface area contributed by atoms with E-state index in [1.165, 1.54) is 0 Å². The Kier molecular flexibility index (Phi) is 4.89. The fourth-order valence-electron chi connectivity index (χ4n) is 2.17. The molecule has 0 saturated heterocycles. The molecule has 1 aliphatic rings. The summed E-state index contributed by atoms with van der Waals surface area (Å²) in [6, 6.07) is -0.293. The van der Waals surface area contributed by atoms with Gasteiger partial charge in [-0.25, -0.2) is 0 Å². The Balaban J connectivity index is 2.51. The van der Waals surface area contributed by atoms with Crippen molar-refractivity contribution in [2.75, 3.05) is 0 Å². The predicted octanol–water partition coefficient (Wildman–Crippen LogP) is 0.749. The molecule has 104 valence electrons. The van der Waals surface area contributed by atoms with E-state index < -0.39 is 16.7 Å². The molecule has 2 atom stereocenters. The third-order valence-corrected chi connectivity index (χ3v) is 2.89. The molecule has 0 heterocycles. The fourth-order valence-corrected chi connectivity index (χ4v) is 2.17. The van der Waals surface area contributed by atoms with Crippen LogP contribution in [0.4, 0.5) is 0 Å². The van der Waals surface area contributed by atoms with Gasteiger partial charge in [0, 0.05) is 12.0 Å². The summed E-state index contributed by atoms with van der Waals surface area (Å²) < 4.78 is 0. The first-order valence-electron chi connectivity index (χ1n) is 6.17. The van der Waals surface area contributed by atoms with Gasteiger partial charge < -0.3 is 15.9 Å². The van der Waals surface area contributed by atoms with E-state index in [1.54, 1.807) is 13.8 Å². The van der Waals surface area contributed by atoms with Crippen LogP contribution in [-0.4, -0.2) is 28.7 Å². The van der Waals surface area contributed by atoms with Gasteiger partial charge >= 0.3 is 0 Å². The van der Waals surface area contributed by atoms with Crippen LogP contribution >= 0.6 is 0 Å². The highest BCUT2D eigenvalue weighted by Crippen LogP contribution is 2.21. The van der Waals surface area contributed by atoms with Crippen LogP contribution in [-0.2, 0) is 9.63 Å². The summed E-state index contributed by atoms with van der Waals surface area (Å²) in [4.78, 5) is 26.7. The molecule has 7 nitrogen and oxygen atoms in total. The van der Waals surface area contributed by atoms with E-state index in [4.69, 9.17) is 5.73 Å². The Morgan fingerprint density at radius 2 is 2.11 bits per heavy atom. The summed E-state index contributed by atoms with van der Waals surface area (Å²) >= 11 is 0. The first kappa shape index (κ1) is 14.7. The van der Waals surface area contributed by atoms with Gasteiger partial charge in [-0.15, -0.1) is 10.1 Å². The lowest BCUT2D eigenvalue weighted by molar-refractivity contribution is -0.770. The van der Waals surface area contributed by atoms with Gasteiger partial charge in [0.1, 0.15) is 6.10 Å². The normalized spacial score (nSPS) is 24.4. The van der Waals surface area contributed by atoms with Gasteiger partial charge in [0.25, 0.3) is 5.09 Å². The van der Waals surface area contributed by atoms with Crippen LogP contribution in [0, 0.1) is 10.1 Å².